The van der Waals surface area contributed by atoms with Crippen LogP contribution in [0.15, 0.2) is 52.6 Å². The number of halogens is 2. The minimum atomic E-state index is -0.922. The summed E-state index contributed by atoms with van der Waals surface area (Å²) in [5, 5.41) is 36.4. The van der Waals surface area contributed by atoms with Crippen molar-refractivity contribution in [3.63, 3.8) is 0 Å². The van der Waals surface area contributed by atoms with Crippen molar-refractivity contribution in [2.45, 2.75) is 126 Å². The van der Waals surface area contributed by atoms with Gasteiger partial charge in [-0.3, -0.25) is 0 Å². The maximum atomic E-state index is 13.6. The van der Waals surface area contributed by atoms with Crippen molar-refractivity contribution in [2.24, 2.45) is 17.8 Å². The molecule has 16 heteroatoms. The molecule has 0 aliphatic carbocycles. The Balaban J connectivity index is 0.000000282. The smallest absolute Gasteiger partial charge is 0.410 e. The first-order chi connectivity index (χ1) is 31.0. The van der Waals surface area contributed by atoms with E-state index in [1.165, 1.54) is 34.6 Å². The number of anilines is 2. The molecule has 6 heterocycles. The summed E-state index contributed by atoms with van der Waals surface area (Å²) in [6.45, 7) is 27.3. The number of nitrogens with one attached hydrogen (secondary N) is 2. The van der Waals surface area contributed by atoms with Crippen molar-refractivity contribution in [1.82, 2.24) is 19.8 Å². The predicted molar refractivity (Wildman–Crippen MR) is 274 cm³/mol. The molecule has 358 valence electrons. The van der Waals surface area contributed by atoms with E-state index in [0.717, 1.165) is 83.7 Å². The van der Waals surface area contributed by atoms with Crippen molar-refractivity contribution in [3.8, 4) is 22.6 Å². The summed E-state index contributed by atoms with van der Waals surface area (Å²) in [6.07, 6.45) is 5.40. The number of carbonyl (C=O) groups is 2. The number of rotatable bonds is 5. The molecule has 0 spiro atoms. The fourth-order valence-electron chi connectivity index (χ4n) is 6.43. The normalized spacial score (nSPS) is 15.7. The van der Waals surface area contributed by atoms with E-state index >= 15 is 0 Å². The van der Waals surface area contributed by atoms with Crippen molar-refractivity contribution < 1.29 is 23.8 Å². The van der Waals surface area contributed by atoms with Crippen molar-refractivity contribution in [3.05, 3.63) is 69.5 Å². The van der Waals surface area contributed by atoms with Gasteiger partial charge in [0.2, 0.25) is 0 Å². The number of carboxylic acid groups (broad SMARTS) is 1. The van der Waals surface area contributed by atoms with Crippen LogP contribution in [0.25, 0.3) is 30.6 Å². The summed E-state index contributed by atoms with van der Waals surface area (Å²) in [4.78, 5) is 36.4. The minimum absolute atomic E-state index is 0.0480. The van der Waals surface area contributed by atoms with Gasteiger partial charge in [0.15, 0.2) is 0 Å². The number of nitriles is 2. The highest BCUT2D eigenvalue weighted by molar-refractivity contribution is 9.11. The lowest BCUT2D eigenvalue weighted by molar-refractivity contribution is 0.0206. The Bertz CT molecular complexity index is 2410. The van der Waals surface area contributed by atoms with Crippen LogP contribution in [0, 0.1) is 46.2 Å². The van der Waals surface area contributed by atoms with Gasteiger partial charge in [0.05, 0.1) is 24.3 Å². The second kappa shape index (κ2) is 26.3. The van der Waals surface area contributed by atoms with Gasteiger partial charge in [-0.25, -0.2) is 23.9 Å². The number of amides is 2. The van der Waals surface area contributed by atoms with Gasteiger partial charge in [-0.15, -0.1) is 22.7 Å². The molecule has 7 rings (SSSR count). The Morgan fingerprint density at radius 1 is 0.803 bits per heavy atom. The summed E-state index contributed by atoms with van der Waals surface area (Å²) in [6, 6.07) is 14.5. The molecule has 3 N–H and O–H groups in total. The molecule has 2 atom stereocenters. The molecule has 0 saturated carbocycles. The van der Waals surface area contributed by atoms with Crippen LogP contribution in [0.3, 0.4) is 0 Å². The zero-order valence-corrected chi connectivity index (χ0v) is 43.8. The van der Waals surface area contributed by atoms with E-state index in [1.54, 1.807) is 28.5 Å². The molecule has 5 aromatic rings. The van der Waals surface area contributed by atoms with Crippen LogP contribution in [0.4, 0.5) is 25.6 Å². The molecule has 0 unspecified atom stereocenters. The number of aromatic nitrogens is 2. The molecule has 66 heavy (non-hydrogen) atoms. The number of carbonyl (C=O) groups excluding carboxylic acids is 1. The van der Waals surface area contributed by atoms with Crippen molar-refractivity contribution in [2.75, 3.05) is 36.8 Å². The number of ether oxygens (including phenoxy) is 1. The molecule has 2 aliphatic rings. The summed E-state index contributed by atoms with van der Waals surface area (Å²) in [5.74, 6) is 3.56. The second-order valence-electron chi connectivity index (χ2n) is 19.2. The van der Waals surface area contributed by atoms with Crippen LogP contribution >= 0.6 is 38.6 Å². The number of hydrogen-bond acceptors (Lipinski definition) is 11. The first-order valence-electron chi connectivity index (χ1n) is 22.6. The molecule has 2 saturated heterocycles. The van der Waals surface area contributed by atoms with Crippen LogP contribution < -0.4 is 10.6 Å². The molecular formula is C50H68BrFN8O4S2. The molecule has 12 nitrogen and oxygen atoms in total. The van der Waals surface area contributed by atoms with Gasteiger partial charge in [-0.05, 0) is 110 Å². The number of thiophene rings is 2. The highest BCUT2D eigenvalue weighted by Crippen LogP contribution is 2.39. The number of pyridine rings is 2. The highest BCUT2D eigenvalue weighted by atomic mass is 79.9. The van der Waals surface area contributed by atoms with Crippen LogP contribution in [0.1, 0.15) is 120 Å². The fourth-order valence-corrected chi connectivity index (χ4v) is 9.13. The lowest BCUT2D eigenvalue weighted by atomic mass is 10.1. The van der Waals surface area contributed by atoms with Crippen LogP contribution in [0.2, 0.25) is 0 Å². The number of nitrogens with zero attached hydrogens (tertiary/aromatic N) is 6. The zero-order chi connectivity index (χ0) is 49.3. The van der Waals surface area contributed by atoms with E-state index < -0.39 is 11.7 Å². The quantitative estimate of drug-likeness (QED) is 0.154. The zero-order valence-electron chi connectivity index (χ0n) is 40.6. The topological polar surface area (TPSA) is 167 Å². The lowest BCUT2D eigenvalue weighted by Gasteiger charge is -2.34. The SMILES string of the molecule is CC(C)(C)OC(=O)N1CCC[C@H](Nc2ncc(C#N)c3cc(Br)sc23)C1.CC(C)C.CC(C)C.CC(C)C.N#Cc1cnc(N[C@H]2CCCN(C(=O)O)C2)c2sc(-c3cccc(F)c3)cc12. The summed E-state index contributed by atoms with van der Waals surface area (Å²) >= 11 is 6.47. The predicted octanol–water partition coefficient (Wildman–Crippen LogP) is 14.3. The first kappa shape index (κ1) is 55.3. The van der Waals surface area contributed by atoms with Crippen LogP contribution in [0.5, 0.6) is 0 Å². The third kappa shape index (κ3) is 18.3. The van der Waals surface area contributed by atoms with E-state index in [0.29, 0.717) is 43.1 Å². The minimum Gasteiger partial charge on any atom is -0.465 e. The molecule has 2 amide bonds. The Morgan fingerprint density at radius 3 is 1.74 bits per heavy atom. The second-order valence-corrected chi connectivity index (χ2v) is 22.7. The van der Waals surface area contributed by atoms with Gasteiger partial charge in [-0.1, -0.05) is 74.4 Å². The number of hydrogen-bond donors (Lipinski definition) is 3. The van der Waals surface area contributed by atoms with Gasteiger partial charge in [0, 0.05) is 66.3 Å². The Hall–Kier alpha value is -5.03. The summed E-state index contributed by atoms with van der Waals surface area (Å²) < 4.78 is 21.8. The molecular weight excluding hydrogens is 940 g/mol. The third-order valence-electron chi connectivity index (χ3n) is 8.89. The average Bonchev–Trinajstić information content (AvgIpc) is 3.86. The average molecular weight is 1010 g/mol. The van der Waals surface area contributed by atoms with E-state index in [9.17, 15) is 29.6 Å². The van der Waals surface area contributed by atoms with Gasteiger partial charge < -0.3 is 30.3 Å². The summed E-state index contributed by atoms with van der Waals surface area (Å²) in [5.41, 5.74) is 1.26. The third-order valence-corrected chi connectivity index (χ3v) is 11.7. The molecule has 0 radical (unpaired) electrons. The van der Waals surface area contributed by atoms with E-state index in [-0.39, 0.29) is 24.0 Å². The van der Waals surface area contributed by atoms with Gasteiger partial charge in [0.25, 0.3) is 0 Å². The molecule has 4 aromatic heterocycles. The van der Waals surface area contributed by atoms with E-state index in [2.05, 4.69) is 111 Å². The first-order valence-corrected chi connectivity index (χ1v) is 25.0. The van der Waals surface area contributed by atoms with Gasteiger partial charge >= 0.3 is 12.2 Å². The van der Waals surface area contributed by atoms with Crippen molar-refractivity contribution >= 4 is 82.6 Å². The highest BCUT2D eigenvalue weighted by Gasteiger charge is 2.29. The number of piperidine rings is 2. The van der Waals surface area contributed by atoms with Gasteiger partial charge in [-0.2, -0.15) is 10.5 Å². The molecule has 1 aromatic carbocycles. The summed E-state index contributed by atoms with van der Waals surface area (Å²) in [7, 11) is 0. The molecule has 2 aliphatic heterocycles. The number of likely N-dealkylation sites (tertiary alicyclic amines) is 2. The van der Waals surface area contributed by atoms with E-state index in [4.69, 9.17) is 4.74 Å². The number of benzene rings is 1. The Kier molecular flexibility index (Phi) is 22.1. The van der Waals surface area contributed by atoms with Crippen LogP contribution in [-0.4, -0.2) is 80.9 Å². The lowest BCUT2D eigenvalue weighted by Crippen LogP contribution is -2.47. The Morgan fingerprint density at radius 2 is 1.27 bits per heavy atom. The van der Waals surface area contributed by atoms with Crippen LogP contribution in [-0.2, 0) is 4.74 Å². The van der Waals surface area contributed by atoms with E-state index in [1.807, 2.05) is 39.0 Å². The number of fused-ring (bicyclic) bond motifs is 2. The standard InChI is InChI=1S/C20H17FN4O2S.C18H21BrN4O2S.3C4H10/c21-14-4-1-3-12(7-14)17-8-16-13(9-22)10-23-19(18(16)28-17)24-15-5-2-6-25(11-15)20(26)27;1-18(2,3)25-17(24)23-6-4-5-12(10-23)22-16-15-13(7-14(19)26-15)11(8-20)9-21-16;3*1-4(2)3/h1,3-4,7-8,10,15H,2,5-6,11H2,(H,23,24)(H,26,27);7,9,12H,4-6,10H2,1-3H3,(H,21,22);3*4H,1-3H3/t15-;12-;;;/m00.../s1. The monoisotopic (exact) mass is 1010 g/mol. The molecule has 0 bridgehead atoms. The maximum absolute atomic E-state index is 13.6. The molecule has 2 fully saturated rings. The maximum Gasteiger partial charge on any atom is 0.410 e. The Labute approximate surface area is 407 Å². The fraction of sp³-hybridized carbons (Fsp3) is 0.520. The largest absolute Gasteiger partial charge is 0.465 e. The van der Waals surface area contributed by atoms with Gasteiger partial charge in [0.1, 0.15) is 35.2 Å². The van der Waals surface area contributed by atoms with Crippen molar-refractivity contribution in [1.29, 1.82) is 10.5 Å².